The van der Waals surface area contributed by atoms with Gasteiger partial charge in [0.1, 0.15) is 15.7 Å². The molecular weight excluding hydrogens is 322 g/mol. The Morgan fingerprint density at radius 2 is 2.08 bits per heavy atom. The van der Waals surface area contributed by atoms with Crippen LogP contribution in [0.4, 0.5) is 5.69 Å². The van der Waals surface area contributed by atoms with Crippen molar-refractivity contribution in [3.63, 3.8) is 0 Å². The Morgan fingerprint density at radius 3 is 2.69 bits per heavy atom. The zero-order valence-electron chi connectivity index (χ0n) is 15.3. The van der Waals surface area contributed by atoms with Gasteiger partial charge in [0.05, 0.1) is 11.3 Å². The lowest BCUT2D eigenvalue weighted by Gasteiger charge is -2.36. The fourth-order valence-corrected chi connectivity index (χ4v) is 3.32. The number of carbonyl (C=O) groups excluding carboxylic acids is 1. The van der Waals surface area contributed by atoms with Gasteiger partial charge in [-0.15, -0.1) is 0 Å². The summed E-state index contributed by atoms with van der Waals surface area (Å²) >= 11 is 0. The number of rotatable bonds is 4. The van der Waals surface area contributed by atoms with Crippen molar-refractivity contribution >= 4 is 33.0 Å². The Bertz CT molecular complexity index is 799. The van der Waals surface area contributed by atoms with Crippen LogP contribution >= 0.6 is 0 Å². The molecule has 1 unspecified atom stereocenters. The van der Waals surface area contributed by atoms with Gasteiger partial charge in [-0.3, -0.25) is 10.2 Å². The summed E-state index contributed by atoms with van der Waals surface area (Å²) in [5, 5.41) is 15.1. The highest BCUT2D eigenvalue weighted by Gasteiger charge is 2.26. The molecule has 1 heterocycles. The summed E-state index contributed by atoms with van der Waals surface area (Å²) in [6.45, 7) is 1.01. The first-order valence-corrected chi connectivity index (χ1v) is 8.95. The molecule has 0 aromatic heterocycles. The molecule has 0 saturated carbocycles. The Morgan fingerprint density at radius 1 is 1.35 bits per heavy atom. The van der Waals surface area contributed by atoms with Crippen molar-refractivity contribution in [1.29, 1.82) is 5.41 Å². The predicted octanol–water partition coefficient (Wildman–Crippen LogP) is 0.371. The minimum Gasteiger partial charge on any atom is -0.366 e. The minimum atomic E-state index is -0.584. The first-order chi connectivity index (χ1) is 12.4. The van der Waals surface area contributed by atoms with Gasteiger partial charge in [-0.05, 0) is 47.9 Å². The second-order valence-corrected chi connectivity index (χ2v) is 7.55. The van der Waals surface area contributed by atoms with Crippen LogP contribution in [-0.4, -0.2) is 39.2 Å². The monoisotopic (exact) mass is 346 g/mol. The summed E-state index contributed by atoms with van der Waals surface area (Å²) in [4.78, 5) is 11.3. The average molecular weight is 346 g/mol. The van der Waals surface area contributed by atoms with Crippen molar-refractivity contribution in [2.45, 2.75) is 24.1 Å². The lowest BCUT2D eigenvalue weighted by Crippen LogP contribution is -2.51. The second-order valence-electron chi connectivity index (χ2n) is 7.55. The van der Waals surface area contributed by atoms with E-state index in [4.69, 9.17) is 11.1 Å². The molecule has 3 rings (SSSR count). The highest BCUT2D eigenvalue weighted by Crippen LogP contribution is 2.28. The molecule has 0 bridgehead atoms. The molecule has 0 spiro atoms. The second kappa shape index (κ2) is 7.38. The zero-order chi connectivity index (χ0) is 18.7. The van der Waals surface area contributed by atoms with E-state index in [0.29, 0.717) is 11.5 Å². The van der Waals surface area contributed by atoms with Gasteiger partial charge in [0.25, 0.3) is 5.91 Å². The Kier molecular flexibility index (Phi) is 5.18. The lowest BCUT2D eigenvalue weighted by atomic mass is 9.57. The summed E-state index contributed by atoms with van der Waals surface area (Å²) in [5.74, 6) is -0.0352. The van der Waals surface area contributed by atoms with Crippen LogP contribution < -0.4 is 16.4 Å². The van der Waals surface area contributed by atoms with Crippen LogP contribution in [0.25, 0.3) is 0 Å². The van der Waals surface area contributed by atoms with E-state index in [1.54, 1.807) is 24.4 Å². The van der Waals surface area contributed by atoms with Crippen LogP contribution in [0.3, 0.4) is 0 Å². The number of hydrogen-bond donors (Lipinski definition) is 4. The number of allylic oxidation sites excluding steroid dienone is 4. The van der Waals surface area contributed by atoms with Crippen LogP contribution in [0.1, 0.15) is 24.3 Å². The van der Waals surface area contributed by atoms with Crippen LogP contribution in [-0.2, 0) is 4.79 Å². The van der Waals surface area contributed by atoms with E-state index in [-0.39, 0.29) is 16.6 Å². The molecule has 1 atom stereocenters. The average Bonchev–Trinajstić information content (AvgIpc) is 2.61. The summed E-state index contributed by atoms with van der Waals surface area (Å²) < 4.78 is 0. The summed E-state index contributed by atoms with van der Waals surface area (Å²) in [5.41, 5.74) is 8.58. The van der Waals surface area contributed by atoms with Crippen LogP contribution in [0.2, 0.25) is 0 Å². The van der Waals surface area contributed by atoms with Gasteiger partial charge in [-0.25, -0.2) is 0 Å². The van der Waals surface area contributed by atoms with E-state index in [9.17, 15) is 4.79 Å². The fraction of sp³-hybridized carbons (Fsp3) is 0.263. The lowest BCUT2D eigenvalue weighted by molar-refractivity contribution is -0.114. The molecule has 5 N–H and O–H groups in total. The number of anilines is 1. The molecule has 26 heavy (non-hydrogen) atoms. The topological polar surface area (TPSA) is 91.0 Å². The van der Waals surface area contributed by atoms with Crippen molar-refractivity contribution in [2.75, 3.05) is 11.9 Å². The van der Waals surface area contributed by atoms with Crippen molar-refractivity contribution in [3.05, 3.63) is 65.4 Å². The minimum absolute atomic E-state index is 0.139. The van der Waals surface area contributed by atoms with E-state index in [0.717, 1.165) is 12.2 Å². The molecule has 1 fully saturated rings. The highest BCUT2D eigenvalue weighted by molar-refractivity contribution is 6.40. The summed E-state index contributed by atoms with van der Waals surface area (Å²) in [7, 11) is 4.50. The van der Waals surface area contributed by atoms with Crippen LogP contribution in [0.5, 0.6) is 0 Å². The van der Waals surface area contributed by atoms with Crippen molar-refractivity contribution in [1.82, 2.24) is 5.32 Å². The molecule has 132 valence electrons. The molecule has 7 heteroatoms. The normalized spacial score (nSPS) is 23.5. The smallest absolute Gasteiger partial charge is 0.250 e. The van der Waals surface area contributed by atoms with E-state index in [1.807, 2.05) is 12.1 Å². The number of hydrogen-bond acceptors (Lipinski definition) is 4. The SMILES string of the molecule is BC1(B)CCC(c2ccc(N/C=C3/C=CC=C(C(N)=O)C3=N)cc2)CN1. The van der Waals surface area contributed by atoms with Crippen molar-refractivity contribution in [3.8, 4) is 0 Å². The van der Waals surface area contributed by atoms with Crippen LogP contribution in [0, 0.1) is 5.41 Å². The van der Waals surface area contributed by atoms with Gasteiger partial charge in [0, 0.05) is 24.0 Å². The maximum atomic E-state index is 11.3. The molecular formula is C19H24B2N4O. The van der Waals surface area contributed by atoms with Crippen LogP contribution in [0.15, 0.2) is 59.8 Å². The number of nitrogens with two attached hydrogens (primary N) is 1. The maximum Gasteiger partial charge on any atom is 0.250 e. The van der Waals surface area contributed by atoms with E-state index in [1.165, 1.54) is 18.4 Å². The molecule has 1 aromatic rings. The Labute approximate surface area is 156 Å². The Balaban J connectivity index is 1.63. The number of carbonyl (C=O) groups is 1. The van der Waals surface area contributed by atoms with E-state index < -0.39 is 5.91 Å². The molecule has 5 nitrogen and oxygen atoms in total. The molecule has 1 aliphatic heterocycles. The van der Waals surface area contributed by atoms with Crippen molar-refractivity contribution < 1.29 is 4.79 Å². The van der Waals surface area contributed by atoms with Gasteiger partial charge in [0.15, 0.2) is 0 Å². The van der Waals surface area contributed by atoms with E-state index >= 15 is 0 Å². The number of piperidine rings is 1. The number of nitrogens with one attached hydrogen (secondary N) is 3. The third-order valence-electron chi connectivity index (χ3n) is 5.08. The quantitative estimate of drug-likeness (QED) is 0.594. The molecule has 1 aliphatic carbocycles. The van der Waals surface area contributed by atoms with Gasteiger partial charge < -0.3 is 16.4 Å². The third-order valence-corrected chi connectivity index (χ3v) is 5.08. The van der Waals surface area contributed by atoms with Gasteiger partial charge in [0.2, 0.25) is 0 Å². The maximum absolute atomic E-state index is 11.3. The highest BCUT2D eigenvalue weighted by atomic mass is 16.1. The summed E-state index contributed by atoms with van der Waals surface area (Å²) in [6, 6.07) is 8.41. The molecule has 1 saturated heterocycles. The standard InChI is InChI=1S/C19H24B2N4O/c20-19(21)9-8-13(11-25-19)12-4-6-15(7-5-12)24-10-14-2-1-3-16(17(14)22)18(23)26/h1-7,10,13,22,24-25H,8-9,11,20-21H2,(H2,23,26)/b14-10-,22-17?. The zero-order valence-corrected chi connectivity index (χ0v) is 15.3. The van der Waals surface area contributed by atoms with E-state index in [2.05, 4.69) is 38.5 Å². The summed E-state index contributed by atoms with van der Waals surface area (Å²) in [6.07, 6.45) is 9.18. The number of primary amides is 1. The van der Waals surface area contributed by atoms with Gasteiger partial charge in [-0.1, -0.05) is 24.3 Å². The van der Waals surface area contributed by atoms with Crippen molar-refractivity contribution in [2.24, 2.45) is 5.73 Å². The number of amides is 1. The third kappa shape index (κ3) is 4.17. The fourth-order valence-electron chi connectivity index (χ4n) is 3.32. The molecule has 1 aromatic carbocycles. The first-order valence-electron chi connectivity index (χ1n) is 8.95. The first kappa shape index (κ1) is 18.3. The predicted molar refractivity (Wildman–Crippen MR) is 112 cm³/mol. The molecule has 2 aliphatic rings. The van der Waals surface area contributed by atoms with Gasteiger partial charge in [-0.2, -0.15) is 0 Å². The molecule has 0 radical (unpaired) electrons. The largest absolute Gasteiger partial charge is 0.366 e. The Hall–Kier alpha value is -2.53. The number of benzene rings is 1. The van der Waals surface area contributed by atoms with Gasteiger partial charge >= 0.3 is 0 Å². The molecule has 1 amide bonds.